The Labute approximate surface area is 147 Å². The summed E-state index contributed by atoms with van der Waals surface area (Å²) < 4.78 is 5.02. The Balaban J connectivity index is 2.20. The van der Waals surface area contributed by atoms with Crippen LogP contribution in [0.5, 0.6) is 0 Å². The van der Waals surface area contributed by atoms with Crippen LogP contribution >= 0.6 is 0 Å². The van der Waals surface area contributed by atoms with Gasteiger partial charge in [-0.25, -0.2) is 9.97 Å². The summed E-state index contributed by atoms with van der Waals surface area (Å²) in [4.78, 5) is 22.1. The van der Waals surface area contributed by atoms with Gasteiger partial charge in [-0.05, 0) is 18.3 Å². The van der Waals surface area contributed by atoms with Crippen molar-refractivity contribution >= 4 is 5.91 Å². The second kappa shape index (κ2) is 5.50. The molecule has 0 radical (unpaired) electrons. The van der Waals surface area contributed by atoms with Crippen molar-refractivity contribution in [3.63, 3.8) is 0 Å². The van der Waals surface area contributed by atoms with E-state index in [0.29, 0.717) is 31.0 Å². The van der Waals surface area contributed by atoms with Crippen LogP contribution in [0.3, 0.4) is 0 Å². The number of fused-ring (bicyclic) bond motifs is 5. The summed E-state index contributed by atoms with van der Waals surface area (Å²) in [6.07, 6.45) is 1.43. The van der Waals surface area contributed by atoms with Gasteiger partial charge in [-0.3, -0.25) is 4.79 Å². The summed E-state index contributed by atoms with van der Waals surface area (Å²) in [5.41, 5.74) is -0.401. The number of nitrogens with zero attached hydrogens (tertiary/aromatic N) is 4. The molecule has 1 saturated carbocycles. The van der Waals surface area contributed by atoms with Gasteiger partial charge in [0, 0.05) is 19.1 Å². The number of amides is 1. The Hall–Kier alpha value is -2.51. The number of hydrogen-bond acceptors (Lipinski definition) is 6. The monoisotopic (exact) mass is 339 g/mol. The van der Waals surface area contributed by atoms with Crippen LogP contribution in [0.25, 0.3) is 0 Å². The highest BCUT2D eigenvalue weighted by molar-refractivity contribution is 5.92. The molecule has 2 bridgehead atoms. The standard InChI is InChI=1S/C18H21N5O2/c1-16(2)17(3)5-6-18(16,15(24)21-7-8-25-4)14-13(17)22-11(9-19)12(10-20)23-14/h5-8H2,1-4H3,(H,21,24). The Bertz CT molecular complexity index is 835. The molecule has 0 saturated heterocycles. The van der Waals surface area contributed by atoms with Crippen molar-refractivity contribution in [1.29, 1.82) is 10.5 Å². The van der Waals surface area contributed by atoms with Crippen molar-refractivity contribution < 1.29 is 9.53 Å². The Morgan fingerprint density at radius 1 is 1.16 bits per heavy atom. The summed E-state index contributed by atoms with van der Waals surface area (Å²) in [5.74, 6) is -0.111. The van der Waals surface area contributed by atoms with Crippen molar-refractivity contribution in [3.05, 3.63) is 22.8 Å². The molecular weight excluding hydrogens is 318 g/mol. The zero-order valence-electron chi connectivity index (χ0n) is 14.9. The summed E-state index contributed by atoms with van der Waals surface area (Å²) in [7, 11) is 1.58. The summed E-state index contributed by atoms with van der Waals surface area (Å²) >= 11 is 0. The number of carbonyl (C=O) groups is 1. The van der Waals surface area contributed by atoms with Gasteiger partial charge in [0.05, 0.1) is 23.4 Å². The number of methoxy groups -OCH3 is 1. The minimum absolute atomic E-state index is 0.0164. The average Bonchev–Trinajstić information content (AvgIpc) is 2.89. The third-order valence-electron chi connectivity index (χ3n) is 6.46. The minimum atomic E-state index is -0.850. The SMILES string of the molecule is COCCNC(=O)C12CCC(C)(c3nc(C#N)c(C#N)nc31)C2(C)C. The van der Waals surface area contributed by atoms with E-state index in [1.54, 1.807) is 7.11 Å². The fourth-order valence-electron chi connectivity index (χ4n) is 4.56. The van der Waals surface area contributed by atoms with Gasteiger partial charge in [0.25, 0.3) is 0 Å². The lowest BCUT2D eigenvalue weighted by atomic mass is 9.63. The first-order valence-electron chi connectivity index (χ1n) is 8.30. The van der Waals surface area contributed by atoms with Crippen molar-refractivity contribution in [1.82, 2.24) is 15.3 Å². The molecule has 2 atom stereocenters. The molecule has 2 aliphatic rings. The zero-order chi connectivity index (χ0) is 18.5. The van der Waals surface area contributed by atoms with E-state index in [1.165, 1.54) is 0 Å². The van der Waals surface area contributed by atoms with Crippen LogP contribution in [0.2, 0.25) is 0 Å². The summed E-state index contributed by atoms with van der Waals surface area (Å²) in [6, 6.07) is 3.89. The smallest absolute Gasteiger partial charge is 0.232 e. The fourth-order valence-corrected chi connectivity index (χ4v) is 4.56. The van der Waals surface area contributed by atoms with Crippen LogP contribution in [0, 0.1) is 28.1 Å². The van der Waals surface area contributed by atoms with Crippen LogP contribution < -0.4 is 5.32 Å². The normalized spacial score (nSPS) is 28.1. The lowest BCUT2D eigenvalue weighted by molar-refractivity contribution is -0.130. The first kappa shape index (κ1) is 17.3. The molecule has 7 nitrogen and oxygen atoms in total. The number of nitrogens with one attached hydrogen (secondary N) is 1. The minimum Gasteiger partial charge on any atom is -0.383 e. The summed E-state index contributed by atoms with van der Waals surface area (Å²) in [5, 5.41) is 21.5. The highest BCUT2D eigenvalue weighted by Crippen LogP contribution is 2.70. The molecule has 7 heteroatoms. The molecule has 1 aromatic heterocycles. The molecule has 1 N–H and O–H groups in total. The molecule has 25 heavy (non-hydrogen) atoms. The molecule has 3 rings (SSSR count). The number of aromatic nitrogens is 2. The number of carbonyl (C=O) groups excluding carboxylic acids is 1. The highest BCUT2D eigenvalue weighted by Gasteiger charge is 2.73. The maximum Gasteiger partial charge on any atom is 0.232 e. The largest absolute Gasteiger partial charge is 0.383 e. The third kappa shape index (κ3) is 1.90. The van der Waals surface area contributed by atoms with Crippen LogP contribution in [0.15, 0.2) is 0 Å². The van der Waals surface area contributed by atoms with E-state index < -0.39 is 10.8 Å². The van der Waals surface area contributed by atoms with Gasteiger partial charge in [0.2, 0.25) is 5.91 Å². The molecule has 1 heterocycles. The average molecular weight is 339 g/mol. The lowest BCUT2D eigenvalue weighted by Gasteiger charge is -2.39. The second-order valence-corrected chi connectivity index (χ2v) is 7.45. The Morgan fingerprint density at radius 2 is 1.76 bits per heavy atom. The number of rotatable bonds is 4. The summed E-state index contributed by atoms with van der Waals surface area (Å²) in [6.45, 7) is 7.02. The van der Waals surface area contributed by atoms with Gasteiger partial charge in [0.1, 0.15) is 12.1 Å². The van der Waals surface area contributed by atoms with E-state index in [2.05, 4.69) is 36.1 Å². The second-order valence-electron chi connectivity index (χ2n) is 7.45. The molecule has 2 unspecified atom stereocenters. The molecule has 0 spiro atoms. The lowest BCUT2D eigenvalue weighted by Crippen LogP contribution is -2.51. The van der Waals surface area contributed by atoms with Crippen LogP contribution in [0.4, 0.5) is 0 Å². The van der Waals surface area contributed by atoms with E-state index in [1.807, 2.05) is 12.1 Å². The Kier molecular flexibility index (Phi) is 3.81. The molecule has 2 aliphatic carbocycles. The van der Waals surface area contributed by atoms with Gasteiger partial charge in [0.15, 0.2) is 11.4 Å². The molecule has 0 aliphatic heterocycles. The predicted molar refractivity (Wildman–Crippen MR) is 88.4 cm³/mol. The van der Waals surface area contributed by atoms with Crippen LogP contribution in [-0.4, -0.2) is 36.1 Å². The maximum absolute atomic E-state index is 13.2. The van der Waals surface area contributed by atoms with E-state index in [9.17, 15) is 15.3 Å². The first-order valence-corrected chi connectivity index (χ1v) is 8.30. The predicted octanol–water partition coefficient (Wildman–Crippen LogP) is 1.31. The Morgan fingerprint density at radius 3 is 2.32 bits per heavy atom. The molecule has 130 valence electrons. The van der Waals surface area contributed by atoms with Gasteiger partial charge in [-0.1, -0.05) is 20.8 Å². The van der Waals surface area contributed by atoms with E-state index in [0.717, 1.165) is 6.42 Å². The van der Waals surface area contributed by atoms with Crippen LogP contribution in [-0.2, 0) is 20.4 Å². The topological polar surface area (TPSA) is 112 Å². The van der Waals surface area contributed by atoms with Crippen molar-refractivity contribution in [2.24, 2.45) is 5.41 Å². The molecule has 0 aromatic carbocycles. The quantitative estimate of drug-likeness (QED) is 0.828. The van der Waals surface area contributed by atoms with E-state index in [-0.39, 0.29) is 22.7 Å². The number of nitriles is 2. The molecule has 1 amide bonds. The first-order chi connectivity index (χ1) is 11.8. The van der Waals surface area contributed by atoms with Crippen LogP contribution in [0.1, 0.15) is 56.4 Å². The van der Waals surface area contributed by atoms with E-state index in [4.69, 9.17) is 4.74 Å². The highest BCUT2D eigenvalue weighted by atomic mass is 16.5. The molecule has 1 fully saturated rings. The zero-order valence-corrected chi connectivity index (χ0v) is 14.9. The van der Waals surface area contributed by atoms with Gasteiger partial charge < -0.3 is 10.1 Å². The molecular formula is C18H21N5O2. The van der Waals surface area contributed by atoms with Crippen molar-refractivity contribution in [2.45, 2.75) is 44.4 Å². The van der Waals surface area contributed by atoms with Crippen molar-refractivity contribution in [2.75, 3.05) is 20.3 Å². The van der Waals surface area contributed by atoms with E-state index >= 15 is 0 Å². The van der Waals surface area contributed by atoms with Gasteiger partial charge >= 0.3 is 0 Å². The molecule has 1 aromatic rings. The number of ether oxygens (including phenoxy) is 1. The van der Waals surface area contributed by atoms with Gasteiger partial charge in [-0.15, -0.1) is 0 Å². The maximum atomic E-state index is 13.2. The fraction of sp³-hybridized carbons (Fsp3) is 0.611. The van der Waals surface area contributed by atoms with Gasteiger partial charge in [-0.2, -0.15) is 10.5 Å². The number of hydrogen-bond donors (Lipinski definition) is 1. The third-order valence-corrected chi connectivity index (χ3v) is 6.46. The van der Waals surface area contributed by atoms with Crippen molar-refractivity contribution in [3.8, 4) is 12.1 Å².